The van der Waals surface area contributed by atoms with Crippen molar-refractivity contribution in [3.63, 3.8) is 0 Å². The van der Waals surface area contributed by atoms with Crippen LogP contribution < -0.4 is 0 Å². The number of fused-ring (bicyclic) bond motifs is 1. The van der Waals surface area contributed by atoms with Gasteiger partial charge in [0.25, 0.3) is 0 Å². The molecule has 2 aromatic carbocycles. The molecular formula is C14H12FN3O. The number of aliphatic hydroxyl groups excluding tert-OH is 1. The van der Waals surface area contributed by atoms with Crippen molar-refractivity contribution in [3.8, 4) is 0 Å². The number of aliphatic hydroxyl groups is 1. The molecule has 0 aliphatic rings. The highest BCUT2D eigenvalue weighted by molar-refractivity contribution is 5.86. The maximum absolute atomic E-state index is 13.7. The van der Waals surface area contributed by atoms with Gasteiger partial charge in [-0.05, 0) is 17.0 Å². The van der Waals surface area contributed by atoms with Gasteiger partial charge in [0, 0.05) is 12.4 Å². The van der Waals surface area contributed by atoms with Gasteiger partial charge in [0.05, 0.1) is 11.9 Å². The van der Waals surface area contributed by atoms with Crippen LogP contribution in [0, 0.1) is 5.82 Å². The Morgan fingerprint density at radius 2 is 1.89 bits per heavy atom. The highest BCUT2D eigenvalue weighted by Crippen LogP contribution is 2.29. The van der Waals surface area contributed by atoms with Gasteiger partial charge in [-0.15, -0.1) is 5.10 Å². The first-order chi connectivity index (χ1) is 9.18. The molecule has 0 aliphatic carbocycles. The first-order valence-electron chi connectivity index (χ1n) is 5.88. The molecule has 1 heterocycles. The summed E-state index contributed by atoms with van der Waals surface area (Å²) in [6.07, 6.45) is 0.619. The summed E-state index contributed by atoms with van der Waals surface area (Å²) >= 11 is 0. The molecule has 1 atom stereocenters. The van der Waals surface area contributed by atoms with Crippen LogP contribution in [0.15, 0.2) is 42.6 Å². The van der Waals surface area contributed by atoms with Gasteiger partial charge in [-0.1, -0.05) is 35.5 Å². The predicted octanol–water partition coefficient (Wildman–Crippen LogP) is 2.19. The average molecular weight is 257 g/mol. The van der Waals surface area contributed by atoms with Gasteiger partial charge < -0.3 is 5.11 Å². The first kappa shape index (κ1) is 11.8. The van der Waals surface area contributed by atoms with E-state index in [2.05, 4.69) is 10.3 Å². The molecule has 0 bridgehead atoms. The normalized spacial score (nSPS) is 12.8. The summed E-state index contributed by atoms with van der Waals surface area (Å²) < 4.78 is 15.2. The summed E-state index contributed by atoms with van der Waals surface area (Å²) in [7, 11) is 1.71. The Hall–Kier alpha value is -2.27. The van der Waals surface area contributed by atoms with Gasteiger partial charge in [0.15, 0.2) is 0 Å². The number of hydrogen-bond acceptors (Lipinski definition) is 3. The Morgan fingerprint density at radius 3 is 2.58 bits per heavy atom. The molecule has 1 aromatic heterocycles. The number of aromatic nitrogens is 3. The third kappa shape index (κ3) is 1.88. The van der Waals surface area contributed by atoms with Crippen molar-refractivity contribution >= 4 is 10.8 Å². The topological polar surface area (TPSA) is 50.9 Å². The molecule has 0 amide bonds. The SMILES string of the molecule is Cn1nncc1C(O)c1ccc(F)c2ccccc12. The molecule has 5 heteroatoms. The zero-order chi connectivity index (χ0) is 13.4. The Bertz CT molecular complexity index is 738. The molecule has 0 fully saturated rings. The highest BCUT2D eigenvalue weighted by atomic mass is 19.1. The Morgan fingerprint density at radius 1 is 1.16 bits per heavy atom. The molecule has 0 aliphatic heterocycles. The molecule has 0 spiro atoms. The molecule has 4 nitrogen and oxygen atoms in total. The second-order valence-corrected chi connectivity index (χ2v) is 4.37. The molecular weight excluding hydrogens is 245 g/mol. The summed E-state index contributed by atoms with van der Waals surface area (Å²) in [5.74, 6) is -0.297. The molecule has 1 N–H and O–H groups in total. The summed E-state index contributed by atoms with van der Waals surface area (Å²) in [6, 6.07) is 10.0. The lowest BCUT2D eigenvalue weighted by molar-refractivity contribution is 0.211. The second-order valence-electron chi connectivity index (χ2n) is 4.37. The van der Waals surface area contributed by atoms with E-state index in [9.17, 15) is 9.50 Å². The van der Waals surface area contributed by atoms with E-state index in [0.717, 1.165) is 0 Å². The Kier molecular flexibility index (Phi) is 2.76. The first-order valence-corrected chi connectivity index (χ1v) is 5.88. The lowest BCUT2D eigenvalue weighted by Gasteiger charge is -2.13. The van der Waals surface area contributed by atoms with Crippen LogP contribution in [0.1, 0.15) is 17.4 Å². The van der Waals surface area contributed by atoms with Gasteiger partial charge in [-0.25, -0.2) is 9.07 Å². The lowest BCUT2D eigenvalue weighted by Crippen LogP contribution is -2.07. The van der Waals surface area contributed by atoms with Crippen LogP contribution in [-0.4, -0.2) is 20.1 Å². The van der Waals surface area contributed by atoms with Crippen molar-refractivity contribution < 1.29 is 9.50 Å². The minimum atomic E-state index is -0.884. The van der Waals surface area contributed by atoms with E-state index < -0.39 is 6.10 Å². The molecule has 3 rings (SSSR count). The minimum Gasteiger partial charge on any atom is -0.382 e. The quantitative estimate of drug-likeness (QED) is 0.765. The van der Waals surface area contributed by atoms with Crippen LogP contribution in [0.4, 0.5) is 4.39 Å². The van der Waals surface area contributed by atoms with Crippen LogP contribution in [0.2, 0.25) is 0 Å². The highest BCUT2D eigenvalue weighted by Gasteiger charge is 2.18. The molecule has 19 heavy (non-hydrogen) atoms. The predicted molar refractivity (Wildman–Crippen MR) is 69.0 cm³/mol. The van der Waals surface area contributed by atoms with E-state index in [1.807, 2.05) is 6.07 Å². The van der Waals surface area contributed by atoms with Crippen molar-refractivity contribution in [1.29, 1.82) is 0 Å². The van der Waals surface area contributed by atoms with E-state index in [4.69, 9.17) is 0 Å². The third-order valence-corrected chi connectivity index (χ3v) is 3.23. The standard InChI is InChI=1S/C14H12FN3O/c1-18-13(8-16-17-18)14(19)11-6-7-12(15)10-5-3-2-4-9(10)11/h2-8,14,19H,1H3. The van der Waals surface area contributed by atoms with Crippen molar-refractivity contribution in [2.45, 2.75) is 6.10 Å². The number of hydrogen-bond donors (Lipinski definition) is 1. The van der Waals surface area contributed by atoms with Gasteiger partial charge in [-0.3, -0.25) is 0 Å². The van der Waals surface area contributed by atoms with Crippen LogP contribution in [0.5, 0.6) is 0 Å². The number of aryl methyl sites for hydroxylation is 1. The summed E-state index contributed by atoms with van der Waals surface area (Å²) in [4.78, 5) is 0. The van der Waals surface area contributed by atoms with Gasteiger partial charge in [-0.2, -0.15) is 0 Å². The van der Waals surface area contributed by atoms with E-state index in [-0.39, 0.29) is 5.82 Å². The molecule has 96 valence electrons. The van der Waals surface area contributed by atoms with E-state index in [1.54, 1.807) is 31.3 Å². The molecule has 0 saturated heterocycles. The minimum absolute atomic E-state index is 0.297. The van der Waals surface area contributed by atoms with Crippen molar-refractivity contribution in [3.05, 3.63) is 59.7 Å². The van der Waals surface area contributed by atoms with Gasteiger partial charge >= 0.3 is 0 Å². The maximum Gasteiger partial charge on any atom is 0.131 e. The molecule has 0 saturated carbocycles. The van der Waals surface area contributed by atoms with Crippen molar-refractivity contribution in [1.82, 2.24) is 15.0 Å². The van der Waals surface area contributed by atoms with Crippen LogP contribution in [0.3, 0.4) is 0 Å². The van der Waals surface area contributed by atoms with Gasteiger partial charge in [0.2, 0.25) is 0 Å². The van der Waals surface area contributed by atoms with Crippen LogP contribution >= 0.6 is 0 Å². The van der Waals surface area contributed by atoms with E-state index >= 15 is 0 Å². The third-order valence-electron chi connectivity index (χ3n) is 3.23. The smallest absolute Gasteiger partial charge is 0.131 e. The number of benzene rings is 2. The van der Waals surface area contributed by atoms with Crippen molar-refractivity contribution in [2.75, 3.05) is 0 Å². The summed E-state index contributed by atoms with van der Waals surface area (Å²) in [5, 5.41) is 19.2. The zero-order valence-electron chi connectivity index (χ0n) is 10.3. The maximum atomic E-state index is 13.7. The van der Waals surface area contributed by atoms with Gasteiger partial charge in [0.1, 0.15) is 11.9 Å². The number of nitrogens with zero attached hydrogens (tertiary/aromatic N) is 3. The molecule has 0 radical (unpaired) electrons. The second kappa shape index (κ2) is 4.44. The molecule has 3 aromatic rings. The van der Waals surface area contributed by atoms with Crippen molar-refractivity contribution in [2.24, 2.45) is 7.05 Å². The lowest BCUT2D eigenvalue weighted by atomic mass is 9.98. The Balaban J connectivity index is 2.21. The number of halogens is 1. The number of rotatable bonds is 2. The zero-order valence-corrected chi connectivity index (χ0v) is 10.3. The van der Waals surface area contributed by atoms with Crippen LogP contribution in [-0.2, 0) is 7.05 Å². The van der Waals surface area contributed by atoms with Crippen LogP contribution in [0.25, 0.3) is 10.8 Å². The largest absolute Gasteiger partial charge is 0.382 e. The molecule has 1 unspecified atom stereocenters. The fourth-order valence-electron chi connectivity index (χ4n) is 2.23. The summed E-state index contributed by atoms with van der Waals surface area (Å²) in [5.41, 5.74) is 1.21. The van der Waals surface area contributed by atoms with E-state index in [1.165, 1.54) is 16.9 Å². The summed E-state index contributed by atoms with van der Waals surface area (Å²) in [6.45, 7) is 0. The van der Waals surface area contributed by atoms with E-state index in [0.29, 0.717) is 22.0 Å². The monoisotopic (exact) mass is 257 g/mol. The fraction of sp³-hybridized carbons (Fsp3) is 0.143. The Labute approximate surface area is 109 Å². The average Bonchev–Trinajstić information content (AvgIpc) is 2.85. The fourth-order valence-corrected chi connectivity index (χ4v) is 2.23.